The van der Waals surface area contributed by atoms with Crippen LogP contribution in [-0.4, -0.2) is 25.9 Å². The summed E-state index contributed by atoms with van der Waals surface area (Å²) in [6.45, 7) is 1.84. The van der Waals surface area contributed by atoms with Crippen molar-refractivity contribution in [2.45, 2.75) is 19.0 Å². The van der Waals surface area contributed by atoms with Crippen LogP contribution in [0.25, 0.3) is 0 Å². The molecule has 0 saturated carbocycles. The Hall–Kier alpha value is -2.42. The van der Waals surface area contributed by atoms with Crippen LogP contribution in [0, 0.1) is 10.1 Å². The van der Waals surface area contributed by atoms with Crippen LogP contribution in [-0.2, 0) is 12.1 Å². The maximum Gasteiger partial charge on any atom is 0.405 e. The Morgan fingerprint density at radius 3 is 2.86 bits per heavy atom. The molecule has 0 saturated heterocycles. The number of halogens is 1. The lowest BCUT2D eigenvalue weighted by molar-refractivity contribution is -0.385. The van der Waals surface area contributed by atoms with Gasteiger partial charge in [0.1, 0.15) is 0 Å². The van der Waals surface area contributed by atoms with Gasteiger partial charge in [0.15, 0.2) is 0 Å². The second-order valence-electron chi connectivity index (χ2n) is 4.93. The number of nitro groups is 1. The number of nitro benzene ring substituents is 1. The number of non-ortho nitro benzene ring substituents is 1. The highest BCUT2D eigenvalue weighted by molar-refractivity contribution is 9.10. The van der Waals surface area contributed by atoms with E-state index in [1.807, 2.05) is 0 Å². The lowest BCUT2D eigenvalue weighted by atomic mass is 9.91. The van der Waals surface area contributed by atoms with Crippen LogP contribution in [0.4, 0.5) is 10.5 Å². The molecule has 1 unspecified atom stereocenters. The molecule has 0 aliphatic carbocycles. The predicted molar refractivity (Wildman–Crippen MR) is 81.5 cm³/mol. The minimum Gasteiger partial charge on any atom is -0.465 e. The molecule has 0 spiro atoms. The number of hydrogen-bond acceptors (Lipinski definition) is 4. The number of hydrogen-bond donors (Lipinski definition) is 2. The molecule has 1 heterocycles. The zero-order valence-corrected chi connectivity index (χ0v) is 13.1. The molecule has 22 heavy (non-hydrogen) atoms. The summed E-state index contributed by atoms with van der Waals surface area (Å²) < 4.78 is 2.31. The summed E-state index contributed by atoms with van der Waals surface area (Å²) in [5.74, 6) is 0. The smallest absolute Gasteiger partial charge is 0.405 e. The van der Waals surface area contributed by atoms with E-state index in [2.05, 4.69) is 26.3 Å². The number of nitrogens with zero attached hydrogens (tertiary/aromatic N) is 3. The average molecular weight is 369 g/mol. The van der Waals surface area contributed by atoms with Crippen molar-refractivity contribution in [1.82, 2.24) is 15.1 Å². The van der Waals surface area contributed by atoms with E-state index < -0.39 is 16.6 Å². The van der Waals surface area contributed by atoms with Crippen molar-refractivity contribution in [3.63, 3.8) is 0 Å². The minimum absolute atomic E-state index is 0.0995. The van der Waals surface area contributed by atoms with Crippen molar-refractivity contribution in [3.05, 3.63) is 56.8 Å². The van der Waals surface area contributed by atoms with Gasteiger partial charge in [0.2, 0.25) is 0 Å². The van der Waals surface area contributed by atoms with Crippen LogP contribution in [0.2, 0.25) is 0 Å². The summed E-state index contributed by atoms with van der Waals surface area (Å²) in [7, 11) is 0. The van der Waals surface area contributed by atoms with Crippen molar-refractivity contribution in [1.29, 1.82) is 0 Å². The Bertz CT molecular complexity index is 718. The van der Waals surface area contributed by atoms with E-state index in [-0.39, 0.29) is 12.2 Å². The van der Waals surface area contributed by atoms with Gasteiger partial charge in [-0.3, -0.25) is 14.8 Å². The number of benzene rings is 1. The zero-order valence-electron chi connectivity index (χ0n) is 11.6. The summed E-state index contributed by atoms with van der Waals surface area (Å²) >= 11 is 3.27. The minimum atomic E-state index is -1.22. The first-order valence-corrected chi connectivity index (χ1v) is 7.03. The van der Waals surface area contributed by atoms with Crippen LogP contribution in [0.1, 0.15) is 12.5 Å². The maximum atomic E-state index is 11.1. The summed E-state index contributed by atoms with van der Waals surface area (Å²) in [6.07, 6.45) is 2.05. The topological polar surface area (TPSA) is 110 Å². The normalized spacial score (nSPS) is 13.4. The van der Waals surface area contributed by atoms with Crippen molar-refractivity contribution in [2.75, 3.05) is 0 Å². The molecule has 0 radical (unpaired) electrons. The van der Waals surface area contributed by atoms with E-state index in [1.54, 1.807) is 30.1 Å². The van der Waals surface area contributed by atoms with Gasteiger partial charge in [-0.2, -0.15) is 5.10 Å². The summed E-state index contributed by atoms with van der Waals surface area (Å²) in [5.41, 5.74) is -0.683. The van der Waals surface area contributed by atoms with E-state index in [1.165, 1.54) is 18.2 Å². The molecule has 9 heteroatoms. The number of amides is 1. The fourth-order valence-corrected chi connectivity index (χ4v) is 2.48. The highest BCUT2D eigenvalue weighted by Crippen LogP contribution is 2.26. The van der Waals surface area contributed by atoms with Crippen molar-refractivity contribution in [2.24, 2.45) is 0 Å². The molecule has 1 aromatic carbocycles. The second kappa shape index (κ2) is 6.14. The first-order chi connectivity index (χ1) is 10.3. The van der Waals surface area contributed by atoms with Gasteiger partial charge < -0.3 is 10.4 Å². The molecule has 0 fully saturated rings. The highest BCUT2D eigenvalue weighted by atomic mass is 79.9. The molecular weight excluding hydrogens is 356 g/mol. The first kappa shape index (κ1) is 16.0. The third kappa shape index (κ3) is 3.61. The second-order valence-corrected chi connectivity index (χ2v) is 5.84. The lowest BCUT2D eigenvalue weighted by Gasteiger charge is -2.29. The molecule has 8 nitrogen and oxygen atoms in total. The van der Waals surface area contributed by atoms with Gasteiger partial charge >= 0.3 is 6.09 Å². The van der Waals surface area contributed by atoms with Gasteiger partial charge in [0.05, 0.1) is 27.7 Å². The van der Waals surface area contributed by atoms with Crippen LogP contribution >= 0.6 is 15.9 Å². The Kier molecular flexibility index (Phi) is 4.45. The number of rotatable bonds is 5. The highest BCUT2D eigenvalue weighted by Gasteiger charge is 2.31. The van der Waals surface area contributed by atoms with Crippen molar-refractivity contribution >= 4 is 27.7 Å². The molecule has 1 amide bonds. The van der Waals surface area contributed by atoms with E-state index in [9.17, 15) is 14.9 Å². The van der Waals surface area contributed by atoms with Gasteiger partial charge in [-0.25, -0.2) is 4.79 Å². The third-order valence-electron chi connectivity index (χ3n) is 3.16. The van der Waals surface area contributed by atoms with Gasteiger partial charge in [-0.1, -0.05) is 12.1 Å². The molecule has 0 aliphatic rings. The Morgan fingerprint density at radius 1 is 1.59 bits per heavy atom. The summed E-state index contributed by atoms with van der Waals surface area (Å²) in [6, 6.07) is 5.87. The average Bonchev–Trinajstić information content (AvgIpc) is 2.83. The molecule has 2 rings (SSSR count). The predicted octanol–water partition coefficient (Wildman–Crippen LogP) is 2.74. The fourth-order valence-electron chi connectivity index (χ4n) is 2.15. The van der Waals surface area contributed by atoms with Gasteiger partial charge in [-0.15, -0.1) is 0 Å². The monoisotopic (exact) mass is 368 g/mol. The lowest BCUT2D eigenvalue weighted by Crippen LogP contribution is -2.46. The van der Waals surface area contributed by atoms with Gasteiger partial charge in [0, 0.05) is 18.3 Å². The van der Waals surface area contributed by atoms with Crippen LogP contribution in [0.5, 0.6) is 0 Å². The molecule has 116 valence electrons. The van der Waals surface area contributed by atoms with Crippen LogP contribution in [0.15, 0.2) is 41.1 Å². The summed E-state index contributed by atoms with van der Waals surface area (Å²) in [5, 5.41) is 26.5. The molecule has 1 atom stereocenters. The van der Waals surface area contributed by atoms with E-state index in [0.717, 1.165) is 4.47 Å². The van der Waals surface area contributed by atoms with E-state index in [0.29, 0.717) is 5.56 Å². The van der Waals surface area contributed by atoms with E-state index >= 15 is 0 Å². The maximum absolute atomic E-state index is 11.1. The van der Waals surface area contributed by atoms with Crippen LogP contribution in [0.3, 0.4) is 0 Å². The van der Waals surface area contributed by atoms with Crippen molar-refractivity contribution < 1.29 is 14.8 Å². The van der Waals surface area contributed by atoms with E-state index in [4.69, 9.17) is 5.11 Å². The molecule has 0 aliphatic heterocycles. The number of nitrogens with one attached hydrogen (secondary N) is 1. The molecular formula is C13H13BrN4O4. The first-order valence-electron chi connectivity index (χ1n) is 6.24. The fraction of sp³-hybridized carbons (Fsp3) is 0.231. The largest absolute Gasteiger partial charge is 0.465 e. The molecule has 2 N–H and O–H groups in total. The Morgan fingerprint density at radius 2 is 2.32 bits per heavy atom. The molecule has 2 aromatic rings. The zero-order chi connectivity index (χ0) is 16.3. The Balaban J connectivity index is 2.41. The quantitative estimate of drug-likeness (QED) is 0.622. The SMILES string of the molecule is CC(Cn1cc(Br)cn1)(NC(=O)O)c1cccc([N+](=O)[O-])c1. The standard InChI is InChI=1S/C13H13BrN4O4/c1-13(16-12(19)20,8-17-7-10(14)6-15-17)9-3-2-4-11(5-9)18(21)22/h2-7,16H,8H2,1H3,(H,19,20). The number of carboxylic acid groups (broad SMARTS) is 1. The Labute approximate surface area is 134 Å². The number of aromatic nitrogens is 2. The van der Waals surface area contributed by atoms with Crippen LogP contribution < -0.4 is 5.32 Å². The van der Waals surface area contributed by atoms with Gasteiger partial charge in [-0.05, 0) is 28.4 Å². The molecule has 1 aromatic heterocycles. The summed E-state index contributed by atoms with van der Waals surface area (Å²) in [4.78, 5) is 21.5. The third-order valence-corrected chi connectivity index (χ3v) is 3.57. The molecule has 0 bridgehead atoms. The van der Waals surface area contributed by atoms with Crippen molar-refractivity contribution in [3.8, 4) is 0 Å². The van der Waals surface area contributed by atoms with Gasteiger partial charge in [0.25, 0.3) is 5.69 Å². The number of carbonyl (C=O) groups is 1.